The van der Waals surface area contributed by atoms with Gasteiger partial charge in [0, 0.05) is 24.2 Å². The lowest BCUT2D eigenvalue weighted by atomic mass is 10.2. The number of nitrogens with zero attached hydrogens (tertiary/aromatic N) is 4. The third-order valence-corrected chi connectivity index (χ3v) is 6.23. The minimum Gasteiger partial charge on any atom is -0.338 e. The molecular weight excluding hydrogens is 384 g/mol. The lowest BCUT2D eigenvalue weighted by Gasteiger charge is -2.22. The third-order valence-electron chi connectivity index (χ3n) is 5.17. The van der Waals surface area contributed by atoms with Crippen molar-refractivity contribution in [2.45, 2.75) is 33.7 Å². The average molecular weight is 409 g/mol. The highest BCUT2D eigenvalue weighted by Crippen LogP contribution is 2.35. The van der Waals surface area contributed by atoms with Crippen molar-refractivity contribution < 1.29 is 4.79 Å². The number of rotatable bonds is 4. The van der Waals surface area contributed by atoms with Crippen molar-refractivity contribution in [2.75, 3.05) is 11.4 Å². The van der Waals surface area contributed by atoms with E-state index in [0.717, 1.165) is 20.8 Å². The molecule has 0 spiro atoms. The van der Waals surface area contributed by atoms with E-state index < -0.39 is 0 Å². The second-order valence-electron chi connectivity index (χ2n) is 7.43. The number of para-hydroxylation sites is 1. The first-order valence-electron chi connectivity index (χ1n) is 9.73. The molecule has 150 valence electrons. The monoisotopic (exact) mass is 408 g/mol. The Labute approximate surface area is 173 Å². The Morgan fingerprint density at radius 2 is 1.93 bits per heavy atom. The quantitative estimate of drug-likeness (QED) is 0.499. The van der Waals surface area contributed by atoms with E-state index in [4.69, 9.17) is 0 Å². The molecular formula is C22H24N4O2S. The van der Waals surface area contributed by atoms with E-state index in [1.807, 2.05) is 69.6 Å². The molecule has 1 amide bonds. The van der Waals surface area contributed by atoms with Crippen LogP contribution < -0.4 is 10.5 Å². The van der Waals surface area contributed by atoms with Crippen LogP contribution in [-0.4, -0.2) is 26.8 Å². The van der Waals surface area contributed by atoms with Crippen molar-refractivity contribution in [3.8, 4) is 0 Å². The van der Waals surface area contributed by atoms with Crippen LogP contribution in [0.4, 0.5) is 5.69 Å². The number of fused-ring (bicyclic) bond motifs is 3. The molecule has 7 heteroatoms. The number of benzene rings is 1. The van der Waals surface area contributed by atoms with Gasteiger partial charge in [-0.1, -0.05) is 18.2 Å². The molecule has 0 aliphatic rings. The number of aromatic nitrogens is 3. The molecule has 0 N–H and O–H groups in total. The van der Waals surface area contributed by atoms with Gasteiger partial charge in [-0.2, -0.15) is 5.10 Å². The van der Waals surface area contributed by atoms with Crippen LogP contribution in [0.1, 0.15) is 42.2 Å². The Morgan fingerprint density at radius 3 is 2.55 bits per heavy atom. The van der Waals surface area contributed by atoms with E-state index in [1.165, 1.54) is 4.68 Å². The lowest BCUT2D eigenvalue weighted by molar-refractivity contribution is 0.0983. The Hall–Kier alpha value is -2.93. The third kappa shape index (κ3) is 2.97. The first-order valence-corrected chi connectivity index (χ1v) is 10.5. The van der Waals surface area contributed by atoms with Gasteiger partial charge in [-0.3, -0.25) is 9.59 Å². The topological polar surface area (TPSA) is 60.1 Å². The predicted molar refractivity (Wildman–Crippen MR) is 119 cm³/mol. The molecule has 0 atom stereocenters. The zero-order valence-corrected chi connectivity index (χ0v) is 18.1. The van der Waals surface area contributed by atoms with Crippen molar-refractivity contribution in [2.24, 2.45) is 7.05 Å². The van der Waals surface area contributed by atoms with Crippen LogP contribution in [-0.2, 0) is 7.05 Å². The number of anilines is 1. The fraction of sp³-hybridized carbons (Fsp3) is 0.318. The highest BCUT2D eigenvalue weighted by molar-refractivity contribution is 7.20. The molecule has 1 aromatic carbocycles. The molecule has 0 bridgehead atoms. The highest BCUT2D eigenvalue weighted by Gasteiger charge is 2.27. The van der Waals surface area contributed by atoms with Gasteiger partial charge in [0.15, 0.2) is 5.69 Å². The number of carbonyl (C=O) groups excluding carboxylic acids is 1. The molecule has 0 aliphatic heterocycles. The summed E-state index contributed by atoms with van der Waals surface area (Å²) in [4.78, 5) is 29.7. The molecule has 0 saturated heterocycles. The van der Waals surface area contributed by atoms with E-state index in [1.54, 1.807) is 16.2 Å². The molecule has 4 aromatic rings. The normalized spacial score (nSPS) is 11.7. The molecule has 0 fully saturated rings. The zero-order chi connectivity index (χ0) is 20.9. The Kier molecular flexibility index (Phi) is 4.78. The number of aryl methyl sites for hydroxylation is 2. The van der Waals surface area contributed by atoms with Crippen LogP contribution in [0.5, 0.6) is 0 Å². The summed E-state index contributed by atoms with van der Waals surface area (Å²) < 4.78 is 4.25. The Balaban J connectivity index is 2.07. The maximum absolute atomic E-state index is 13.7. The number of hydrogen-bond donors (Lipinski definition) is 0. The summed E-state index contributed by atoms with van der Waals surface area (Å²) in [6, 6.07) is 11.5. The molecule has 0 aliphatic carbocycles. The second-order valence-corrected chi connectivity index (χ2v) is 8.69. The summed E-state index contributed by atoms with van der Waals surface area (Å²) in [6.07, 6.45) is 0. The van der Waals surface area contributed by atoms with E-state index in [2.05, 4.69) is 11.2 Å². The van der Waals surface area contributed by atoms with Crippen LogP contribution in [0.15, 0.2) is 41.2 Å². The van der Waals surface area contributed by atoms with E-state index >= 15 is 0 Å². The SMILES string of the molecule is CCN(C(=O)c1nn(C(C)C)c(=O)c2c1c1sc(C)cc1n2C)c1ccccc1. The number of amides is 1. The van der Waals surface area contributed by atoms with Crippen molar-refractivity contribution in [1.29, 1.82) is 0 Å². The highest BCUT2D eigenvalue weighted by atomic mass is 32.1. The Bertz CT molecular complexity index is 1280. The molecule has 29 heavy (non-hydrogen) atoms. The van der Waals surface area contributed by atoms with Crippen LogP contribution in [0.2, 0.25) is 0 Å². The van der Waals surface area contributed by atoms with Crippen LogP contribution in [0, 0.1) is 6.92 Å². The van der Waals surface area contributed by atoms with Gasteiger partial charge in [-0.05, 0) is 45.9 Å². The molecule has 3 heterocycles. The average Bonchev–Trinajstić information content (AvgIpc) is 3.20. The standard InChI is InChI=1S/C22H24N4O2S/c1-6-25(15-10-8-7-9-11-15)21(27)18-17-19(22(28)26(23-18)13(2)3)24(5)16-12-14(4)29-20(16)17/h7-13H,6H2,1-5H3. The lowest BCUT2D eigenvalue weighted by Crippen LogP contribution is -2.35. The molecule has 0 saturated carbocycles. The van der Waals surface area contributed by atoms with Gasteiger partial charge in [0.2, 0.25) is 0 Å². The summed E-state index contributed by atoms with van der Waals surface area (Å²) in [5.41, 5.74) is 2.46. The number of carbonyl (C=O) groups is 1. The summed E-state index contributed by atoms with van der Waals surface area (Å²) >= 11 is 1.59. The van der Waals surface area contributed by atoms with Crippen LogP contribution in [0.25, 0.3) is 21.1 Å². The first kappa shape index (κ1) is 19.4. The first-order chi connectivity index (χ1) is 13.8. The van der Waals surface area contributed by atoms with Gasteiger partial charge >= 0.3 is 0 Å². The van der Waals surface area contributed by atoms with Crippen LogP contribution >= 0.6 is 11.3 Å². The van der Waals surface area contributed by atoms with Gasteiger partial charge in [0.05, 0.1) is 21.6 Å². The van der Waals surface area contributed by atoms with Crippen molar-refractivity contribution >= 4 is 44.1 Å². The van der Waals surface area contributed by atoms with Gasteiger partial charge in [0.25, 0.3) is 11.5 Å². The van der Waals surface area contributed by atoms with Gasteiger partial charge in [0.1, 0.15) is 5.52 Å². The maximum atomic E-state index is 13.7. The van der Waals surface area contributed by atoms with E-state index in [9.17, 15) is 9.59 Å². The van der Waals surface area contributed by atoms with Gasteiger partial charge in [-0.25, -0.2) is 4.68 Å². The molecule has 4 rings (SSSR count). The minimum atomic E-state index is -0.198. The summed E-state index contributed by atoms with van der Waals surface area (Å²) in [6.45, 7) is 8.28. The smallest absolute Gasteiger partial charge is 0.291 e. The minimum absolute atomic E-state index is 0.153. The van der Waals surface area contributed by atoms with Gasteiger partial charge < -0.3 is 9.47 Å². The summed E-state index contributed by atoms with van der Waals surface area (Å²) in [7, 11) is 1.88. The van der Waals surface area contributed by atoms with Gasteiger partial charge in [-0.15, -0.1) is 11.3 Å². The molecule has 6 nitrogen and oxygen atoms in total. The van der Waals surface area contributed by atoms with E-state index in [-0.39, 0.29) is 17.5 Å². The fourth-order valence-corrected chi connectivity index (χ4v) is 4.87. The fourth-order valence-electron chi connectivity index (χ4n) is 3.79. The number of hydrogen-bond acceptors (Lipinski definition) is 4. The van der Waals surface area contributed by atoms with E-state index in [0.29, 0.717) is 23.1 Å². The number of thiophene rings is 1. The van der Waals surface area contributed by atoms with Crippen molar-refractivity contribution in [3.63, 3.8) is 0 Å². The predicted octanol–water partition coefficient (Wildman–Crippen LogP) is 4.51. The largest absolute Gasteiger partial charge is 0.338 e. The Morgan fingerprint density at radius 1 is 1.24 bits per heavy atom. The molecule has 0 radical (unpaired) electrons. The van der Waals surface area contributed by atoms with Crippen LogP contribution in [0.3, 0.4) is 0 Å². The maximum Gasteiger partial charge on any atom is 0.291 e. The summed E-state index contributed by atoms with van der Waals surface area (Å²) in [5, 5.41) is 5.23. The molecule has 3 aromatic heterocycles. The van der Waals surface area contributed by atoms with Crippen molar-refractivity contribution in [3.05, 3.63) is 57.3 Å². The van der Waals surface area contributed by atoms with Crippen molar-refractivity contribution in [1.82, 2.24) is 14.3 Å². The zero-order valence-electron chi connectivity index (χ0n) is 17.3. The second kappa shape index (κ2) is 7.15. The summed E-state index contributed by atoms with van der Waals surface area (Å²) in [5.74, 6) is -0.198. The molecule has 0 unspecified atom stereocenters.